The van der Waals surface area contributed by atoms with Gasteiger partial charge in [0.05, 0.1) is 31.2 Å². The Labute approximate surface area is 132 Å². The van der Waals surface area contributed by atoms with Gasteiger partial charge in [0, 0.05) is 19.8 Å². The van der Waals surface area contributed by atoms with E-state index < -0.39 is 15.9 Å². The van der Waals surface area contributed by atoms with Crippen LogP contribution in [0.4, 0.5) is 5.69 Å². The average molecular weight is 331 g/mol. The van der Waals surface area contributed by atoms with Gasteiger partial charge in [-0.3, -0.25) is 9.48 Å². The number of rotatable bonds is 9. The summed E-state index contributed by atoms with van der Waals surface area (Å²) in [5, 5.41) is 6.82. The first-order chi connectivity index (χ1) is 10.3. The summed E-state index contributed by atoms with van der Waals surface area (Å²) < 4.78 is 25.3. The minimum atomic E-state index is -3.36. The van der Waals surface area contributed by atoms with Crippen LogP contribution in [0.5, 0.6) is 0 Å². The van der Waals surface area contributed by atoms with Crippen LogP contribution in [0.2, 0.25) is 0 Å². The number of nitrogens with one attached hydrogen (secondary N) is 1. The molecule has 0 atom stereocenters. The predicted octanol–water partition coefficient (Wildman–Crippen LogP) is 0.0548. The number of aromatic nitrogens is 2. The molecule has 1 heterocycles. The summed E-state index contributed by atoms with van der Waals surface area (Å²) in [4.78, 5) is 14.1. The number of hydrogen-bond donors (Lipinski definition) is 1. The summed E-state index contributed by atoms with van der Waals surface area (Å²) in [6.07, 6.45) is 4.36. The summed E-state index contributed by atoms with van der Waals surface area (Å²) in [7, 11) is -2.00. The van der Waals surface area contributed by atoms with Crippen LogP contribution in [-0.4, -0.2) is 72.8 Å². The molecule has 9 heteroatoms. The molecule has 1 amide bonds. The Balaban J connectivity index is 2.49. The molecule has 0 aliphatic carbocycles. The lowest BCUT2D eigenvalue weighted by molar-refractivity contribution is -0.116. The maximum absolute atomic E-state index is 11.8. The number of likely N-dealkylation sites (N-methyl/N-ethyl adjacent to an activating group) is 2. The second-order valence-electron chi connectivity index (χ2n) is 5.09. The predicted molar refractivity (Wildman–Crippen MR) is 86.1 cm³/mol. The highest BCUT2D eigenvalue weighted by molar-refractivity contribution is 7.88. The molecular weight excluding hydrogens is 306 g/mol. The molecule has 1 aromatic rings. The standard InChI is InChI=1S/C13H25N5O3S/c1-5-17(6-2)7-8-18-10-12(9-14-18)15-13(19)11-16(3)22(4,20)21/h9-10H,5-8,11H2,1-4H3,(H,15,19). The zero-order valence-corrected chi connectivity index (χ0v) is 14.4. The van der Waals surface area contributed by atoms with Crippen molar-refractivity contribution < 1.29 is 13.2 Å². The van der Waals surface area contributed by atoms with Crippen molar-refractivity contribution in [2.75, 3.05) is 44.8 Å². The quantitative estimate of drug-likeness (QED) is 0.691. The summed E-state index contributed by atoms with van der Waals surface area (Å²) in [6.45, 7) is 7.59. The molecule has 0 radical (unpaired) electrons. The molecule has 1 aromatic heterocycles. The van der Waals surface area contributed by atoms with E-state index in [1.54, 1.807) is 17.1 Å². The number of hydrogen-bond acceptors (Lipinski definition) is 5. The Bertz CT molecular complexity index is 580. The molecule has 1 rings (SSSR count). The van der Waals surface area contributed by atoms with E-state index in [1.807, 2.05) is 0 Å². The molecule has 1 N–H and O–H groups in total. The Morgan fingerprint density at radius 3 is 2.55 bits per heavy atom. The van der Waals surface area contributed by atoms with Gasteiger partial charge in [0.15, 0.2) is 0 Å². The zero-order valence-electron chi connectivity index (χ0n) is 13.6. The molecule has 0 unspecified atom stereocenters. The number of sulfonamides is 1. The Morgan fingerprint density at radius 1 is 1.36 bits per heavy atom. The van der Waals surface area contributed by atoms with Crippen LogP contribution in [0.1, 0.15) is 13.8 Å². The molecule has 0 aliphatic rings. The minimum Gasteiger partial charge on any atom is -0.322 e. The van der Waals surface area contributed by atoms with Gasteiger partial charge in [-0.25, -0.2) is 8.42 Å². The van der Waals surface area contributed by atoms with Crippen molar-refractivity contribution in [1.29, 1.82) is 0 Å². The van der Waals surface area contributed by atoms with Crippen molar-refractivity contribution in [2.24, 2.45) is 0 Å². The number of carbonyl (C=O) groups is 1. The second-order valence-corrected chi connectivity index (χ2v) is 7.18. The van der Waals surface area contributed by atoms with Crippen LogP contribution >= 0.6 is 0 Å². The van der Waals surface area contributed by atoms with Crippen molar-refractivity contribution in [3.05, 3.63) is 12.4 Å². The van der Waals surface area contributed by atoms with Crippen LogP contribution in [0.15, 0.2) is 12.4 Å². The molecule has 0 aliphatic heterocycles. The number of anilines is 1. The summed E-state index contributed by atoms with van der Waals surface area (Å²) in [6, 6.07) is 0. The molecule has 0 saturated heterocycles. The van der Waals surface area contributed by atoms with Gasteiger partial charge in [0.1, 0.15) is 0 Å². The summed E-state index contributed by atoms with van der Waals surface area (Å²) in [5.41, 5.74) is 0.562. The zero-order chi connectivity index (χ0) is 16.8. The van der Waals surface area contributed by atoms with E-state index in [0.29, 0.717) is 5.69 Å². The first-order valence-corrected chi connectivity index (χ1v) is 9.07. The van der Waals surface area contributed by atoms with Crippen LogP contribution in [0.25, 0.3) is 0 Å². The first-order valence-electron chi connectivity index (χ1n) is 7.22. The average Bonchev–Trinajstić information content (AvgIpc) is 2.86. The lowest BCUT2D eigenvalue weighted by atomic mass is 10.4. The van der Waals surface area contributed by atoms with Gasteiger partial charge >= 0.3 is 0 Å². The Morgan fingerprint density at radius 2 is 2.00 bits per heavy atom. The van der Waals surface area contributed by atoms with Gasteiger partial charge in [-0.1, -0.05) is 13.8 Å². The molecular formula is C13H25N5O3S. The van der Waals surface area contributed by atoms with Gasteiger partial charge in [-0.05, 0) is 13.1 Å². The third-order valence-electron chi connectivity index (χ3n) is 3.39. The van der Waals surface area contributed by atoms with Gasteiger partial charge in [-0.2, -0.15) is 9.40 Å². The Kier molecular flexibility index (Phi) is 6.98. The molecule has 22 heavy (non-hydrogen) atoms. The highest BCUT2D eigenvalue weighted by Crippen LogP contribution is 2.05. The van der Waals surface area contributed by atoms with Gasteiger partial charge in [0.25, 0.3) is 0 Å². The fourth-order valence-corrected chi connectivity index (χ4v) is 2.21. The topological polar surface area (TPSA) is 87.5 Å². The van der Waals surface area contributed by atoms with Gasteiger partial charge in [0.2, 0.25) is 15.9 Å². The van der Waals surface area contributed by atoms with Crippen molar-refractivity contribution in [1.82, 2.24) is 19.0 Å². The van der Waals surface area contributed by atoms with Crippen molar-refractivity contribution in [3.8, 4) is 0 Å². The third kappa shape index (κ3) is 6.12. The molecule has 126 valence electrons. The molecule has 8 nitrogen and oxygen atoms in total. The molecule has 0 aromatic carbocycles. The first kappa shape index (κ1) is 18.6. The summed E-state index contributed by atoms with van der Waals surface area (Å²) in [5.74, 6) is -0.392. The molecule has 0 bridgehead atoms. The van der Waals surface area contributed by atoms with Gasteiger partial charge in [-0.15, -0.1) is 0 Å². The highest BCUT2D eigenvalue weighted by atomic mass is 32.2. The number of nitrogens with zero attached hydrogens (tertiary/aromatic N) is 4. The Hall–Kier alpha value is -1.45. The number of amides is 1. The SMILES string of the molecule is CCN(CC)CCn1cc(NC(=O)CN(C)S(C)(=O)=O)cn1. The van der Waals surface area contributed by atoms with Crippen molar-refractivity contribution in [3.63, 3.8) is 0 Å². The fraction of sp³-hybridized carbons (Fsp3) is 0.692. The smallest absolute Gasteiger partial charge is 0.239 e. The van der Waals surface area contributed by atoms with E-state index in [9.17, 15) is 13.2 Å². The van der Waals surface area contributed by atoms with E-state index in [1.165, 1.54) is 7.05 Å². The van der Waals surface area contributed by atoms with Crippen LogP contribution in [-0.2, 0) is 21.4 Å². The van der Waals surface area contributed by atoms with E-state index in [2.05, 4.69) is 29.2 Å². The van der Waals surface area contributed by atoms with Gasteiger partial charge < -0.3 is 10.2 Å². The third-order valence-corrected chi connectivity index (χ3v) is 4.65. The van der Waals surface area contributed by atoms with E-state index in [-0.39, 0.29) is 6.54 Å². The fourth-order valence-electron chi connectivity index (χ4n) is 1.85. The molecule has 0 saturated carbocycles. The van der Waals surface area contributed by atoms with Crippen LogP contribution < -0.4 is 5.32 Å². The highest BCUT2D eigenvalue weighted by Gasteiger charge is 2.15. The van der Waals surface area contributed by atoms with E-state index in [4.69, 9.17) is 0 Å². The lowest BCUT2D eigenvalue weighted by Gasteiger charge is -2.17. The lowest BCUT2D eigenvalue weighted by Crippen LogP contribution is -2.34. The molecule has 0 spiro atoms. The minimum absolute atomic E-state index is 0.219. The molecule has 0 fully saturated rings. The maximum Gasteiger partial charge on any atom is 0.239 e. The van der Waals surface area contributed by atoms with E-state index >= 15 is 0 Å². The van der Waals surface area contributed by atoms with Crippen molar-refractivity contribution in [2.45, 2.75) is 20.4 Å². The largest absolute Gasteiger partial charge is 0.322 e. The van der Waals surface area contributed by atoms with Crippen LogP contribution in [0, 0.1) is 0 Å². The van der Waals surface area contributed by atoms with E-state index in [0.717, 1.165) is 36.7 Å². The monoisotopic (exact) mass is 331 g/mol. The van der Waals surface area contributed by atoms with Crippen molar-refractivity contribution >= 4 is 21.6 Å². The maximum atomic E-state index is 11.8. The van der Waals surface area contributed by atoms with Crippen LogP contribution in [0.3, 0.4) is 0 Å². The number of carbonyl (C=O) groups excluding carboxylic acids is 1. The second kappa shape index (κ2) is 8.25. The summed E-state index contributed by atoms with van der Waals surface area (Å²) >= 11 is 0. The normalized spacial score (nSPS) is 12.1.